The highest BCUT2D eigenvalue weighted by Crippen LogP contribution is 2.61. The average molecular weight is 318 g/mol. The van der Waals surface area contributed by atoms with Crippen molar-refractivity contribution < 1.29 is 18.3 Å². The molecule has 0 bridgehead atoms. The van der Waals surface area contributed by atoms with Crippen molar-refractivity contribution in [3.8, 4) is 12.1 Å². The lowest BCUT2D eigenvalue weighted by Gasteiger charge is -2.18. The van der Waals surface area contributed by atoms with Crippen molar-refractivity contribution >= 4 is 18.2 Å². The van der Waals surface area contributed by atoms with Gasteiger partial charge < -0.3 is 4.74 Å². The first-order valence-electron chi connectivity index (χ1n) is 6.52. The second kappa shape index (κ2) is 9.39. The van der Waals surface area contributed by atoms with E-state index in [4.69, 9.17) is 24.3 Å². The third-order valence-electron chi connectivity index (χ3n) is 2.67. The Morgan fingerprint density at radius 1 is 1.25 bits per heavy atom. The van der Waals surface area contributed by atoms with Crippen molar-refractivity contribution in [3.05, 3.63) is 0 Å². The molecule has 0 radical (unpaired) electrons. The number of hydrogen-bond donors (Lipinski definition) is 0. The number of nitriles is 2. The molecule has 0 aliphatic carbocycles. The first kappa shape index (κ1) is 17.5. The van der Waals surface area contributed by atoms with Crippen molar-refractivity contribution in [2.24, 2.45) is 0 Å². The fourth-order valence-electron chi connectivity index (χ4n) is 1.70. The Morgan fingerprint density at radius 3 is 2.30 bits per heavy atom. The summed E-state index contributed by atoms with van der Waals surface area (Å²) in [4.78, 5) is 0. The highest BCUT2D eigenvalue weighted by Gasteiger charge is 2.30. The van der Waals surface area contributed by atoms with E-state index in [1.165, 1.54) is 0 Å². The van der Waals surface area contributed by atoms with E-state index in [2.05, 4.69) is 0 Å². The maximum atomic E-state index is 12.4. The molecule has 0 aromatic rings. The fraction of sp³-hybridized carbons (Fsp3) is 0.833. The molecule has 1 fully saturated rings. The summed E-state index contributed by atoms with van der Waals surface area (Å²) in [7, 11) is 0. The van der Waals surface area contributed by atoms with Gasteiger partial charge in [-0.25, -0.2) is 4.57 Å². The highest BCUT2D eigenvalue weighted by atomic mass is 32.7. The maximum Gasteiger partial charge on any atom is 0.389 e. The highest BCUT2D eigenvalue weighted by molar-refractivity contribution is 8.55. The van der Waals surface area contributed by atoms with Gasteiger partial charge in [-0.15, -0.1) is 0 Å². The topological polar surface area (TPSA) is 92.3 Å². The van der Waals surface area contributed by atoms with Crippen LogP contribution < -0.4 is 0 Å². The lowest BCUT2D eigenvalue weighted by molar-refractivity contribution is 0.0700. The van der Waals surface area contributed by atoms with Crippen LogP contribution in [0.4, 0.5) is 0 Å². The molecule has 0 spiro atoms. The van der Waals surface area contributed by atoms with Gasteiger partial charge in [-0.05, 0) is 31.1 Å². The maximum absolute atomic E-state index is 12.4. The summed E-state index contributed by atoms with van der Waals surface area (Å²) in [6.07, 6.45) is 2.54. The molecule has 112 valence electrons. The molecule has 6 nitrogen and oxygen atoms in total. The Balaban J connectivity index is 2.42. The first-order chi connectivity index (χ1) is 9.59. The number of rotatable bonds is 9. The standard InChI is InChI=1S/C12H19N2O4PS/c1-11-4-5-12(18-11)10-20-19(15,16-8-2-6-13)17-9-3-7-14/h11-12H,2-5,8-10H2,1H3/t11-,12-/m0/s1. The van der Waals surface area contributed by atoms with E-state index in [0.29, 0.717) is 5.75 Å². The molecule has 1 aliphatic heterocycles. The van der Waals surface area contributed by atoms with E-state index < -0.39 is 6.80 Å². The van der Waals surface area contributed by atoms with Crippen LogP contribution in [0.3, 0.4) is 0 Å². The molecule has 0 aromatic carbocycles. The van der Waals surface area contributed by atoms with E-state index >= 15 is 0 Å². The molecule has 0 N–H and O–H groups in total. The summed E-state index contributed by atoms with van der Waals surface area (Å²) in [5.74, 6) is 0.528. The summed E-state index contributed by atoms with van der Waals surface area (Å²) < 4.78 is 28.5. The van der Waals surface area contributed by atoms with Gasteiger partial charge in [-0.2, -0.15) is 10.5 Å². The van der Waals surface area contributed by atoms with Crippen LogP contribution in [0.2, 0.25) is 0 Å². The quantitative estimate of drug-likeness (QED) is 0.476. The van der Waals surface area contributed by atoms with Crippen molar-refractivity contribution in [3.63, 3.8) is 0 Å². The minimum absolute atomic E-state index is 0.0578. The zero-order chi connectivity index (χ0) is 14.8. The zero-order valence-corrected chi connectivity index (χ0v) is 13.2. The predicted molar refractivity (Wildman–Crippen MR) is 76.0 cm³/mol. The molecule has 0 unspecified atom stereocenters. The summed E-state index contributed by atoms with van der Waals surface area (Å²) in [5.41, 5.74) is 0. The van der Waals surface area contributed by atoms with Crippen molar-refractivity contribution in [1.82, 2.24) is 0 Å². The van der Waals surface area contributed by atoms with Gasteiger partial charge in [0.05, 0.1) is 50.4 Å². The fourth-order valence-corrected chi connectivity index (χ4v) is 5.09. The van der Waals surface area contributed by atoms with Crippen molar-refractivity contribution in [1.29, 1.82) is 10.5 Å². The van der Waals surface area contributed by atoms with Crippen LogP contribution >= 0.6 is 18.2 Å². The average Bonchev–Trinajstić information content (AvgIpc) is 2.83. The molecule has 20 heavy (non-hydrogen) atoms. The lowest BCUT2D eigenvalue weighted by Crippen LogP contribution is -2.11. The van der Waals surface area contributed by atoms with Crippen LogP contribution in [0.15, 0.2) is 0 Å². The Bertz CT molecular complexity index is 397. The largest absolute Gasteiger partial charge is 0.389 e. The second-order valence-electron chi connectivity index (χ2n) is 4.37. The Labute approximate surface area is 123 Å². The molecule has 1 aliphatic rings. The molecular formula is C12H19N2O4PS. The summed E-state index contributed by atoms with van der Waals surface area (Å²) in [6.45, 7) is -1.18. The van der Waals surface area contributed by atoms with Crippen molar-refractivity contribution in [2.75, 3.05) is 19.0 Å². The molecule has 0 aromatic heterocycles. The lowest BCUT2D eigenvalue weighted by atomic mass is 10.2. The molecular weight excluding hydrogens is 299 g/mol. The number of hydrogen-bond acceptors (Lipinski definition) is 7. The van der Waals surface area contributed by atoms with E-state index in [9.17, 15) is 4.57 Å². The van der Waals surface area contributed by atoms with E-state index in [-0.39, 0.29) is 38.3 Å². The van der Waals surface area contributed by atoms with Crippen LogP contribution in [0.25, 0.3) is 0 Å². The van der Waals surface area contributed by atoms with Gasteiger partial charge in [0.25, 0.3) is 0 Å². The van der Waals surface area contributed by atoms with Crippen LogP contribution in [-0.4, -0.2) is 31.2 Å². The first-order valence-corrected chi connectivity index (χ1v) is 9.66. The second-order valence-corrected chi connectivity index (χ2v) is 8.49. The third kappa shape index (κ3) is 6.74. The Kier molecular flexibility index (Phi) is 8.21. The van der Waals surface area contributed by atoms with Crippen LogP contribution in [0.5, 0.6) is 0 Å². The van der Waals surface area contributed by atoms with E-state index in [0.717, 1.165) is 24.2 Å². The summed E-state index contributed by atoms with van der Waals surface area (Å²) >= 11 is 1.09. The van der Waals surface area contributed by atoms with Gasteiger partial charge in [0.1, 0.15) is 0 Å². The summed E-state index contributed by atoms with van der Waals surface area (Å²) in [6, 6.07) is 3.85. The van der Waals surface area contributed by atoms with Gasteiger partial charge in [0.15, 0.2) is 0 Å². The van der Waals surface area contributed by atoms with Gasteiger partial charge in [0.2, 0.25) is 0 Å². The smallest absolute Gasteiger partial charge is 0.374 e. The van der Waals surface area contributed by atoms with Gasteiger partial charge in [-0.3, -0.25) is 9.05 Å². The molecule has 0 saturated carbocycles. The SMILES string of the molecule is C[C@H]1CC[C@@H](CSP(=O)(OCCC#N)OCCC#N)O1. The number of nitrogens with zero attached hydrogens (tertiary/aromatic N) is 2. The molecule has 2 atom stereocenters. The minimum Gasteiger partial charge on any atom is -0.374 e. The monoisotopic (exact) mass is 318 g/mol. The Hall–Kier alpha value is -0.560. The molecule has 1 rings (SSSR count). The van der Waals surface area contributed by atoms with Crippen LogP contribution in [0, 0.1) is 22.7 Å². The Morgan fingerprint density at radius 2 is 1.85 bits per heavy atom. The van der Waals surface area contributed by atoms with Crippen molar-refractivity contribution in [2.45, 2.75) is 44.8 Å². The van der Waals surface area contributed by atoms with Gasteiger partial charge in [0, 0.05) is 5.75 Å². The van der Waals surface area contributed by atoms with Crippen LogP contribution in [-0.2, 0) is 18.3 Å². The van der Waals surface area contributed by atoms with Crippen LogP contribution in [0.1, 0.15) is 32.6 Å². The van der Waals surface area contributed by atoms with Gasteiger partial charge in [-0.1, -0.05) is 0 Å². The molecule has 0 amide bonds. The summed E-state index contributed by atoms with van der Waals surface area (Å²) in [5, 5.41) is 17.0. The zero-order valence-electron chi connectivity index (χ0n) is 11.5. The minimum atomic E-state index is -3.32. The van der Waals surface area contributed by atoms with Gasteiger partial charge >= 0.3 is 6.80 Å². The molecule has 1 saturated heterocycles. The number of ether oxygens (including phenoxy) is 1. The van der Waals surface area contributed by atoms with E-state index in [1.807, 2.05) is 19.1 Å². The third-order valence-corrected chi connectivity index (χ3v) is 6.53. The molecule has 8 heteroatoms. The normalized spacial score (nSPS) is 22.4. The van der Waals surface area contributed by atoms with E-state index in [1.54, 1.807) is 0 Å². The molecule has 1 heterocycles. The predicted octanol–water partition coefficient (Wildman–Crippen LogP) is 3.26.